The van der Waals surface area contributed by atoms with Gasteiger partial charge in [-0.3, -0.25) is 9.48 Å². The summed E-state index contributed by atoms with van der Waals surface area (Å²) in [5.41, 5.74) is 1.13. The van der Waals surface area contributed by atoms with E-state index in [9.17, 15) is 4.79 Å². The molecule has 24 heavy (non-hydrogen) atoms. The molecular weight excluding hydrogens is 345 g/mol. The molecule has 0 aliphatic heterocycles. The van der Waals surface area contributed by atoms with Crippen molar-refractivity contribution in [3.63, 3.8) is 0 Å². The molecule has 0 bridgehead atoms. The number of carbonyl (C=O) groups excluding carboxylic acids is 1. The highest BCUT2D eigenvalue weighted by Gasteiger charge is 2.13. The third kappa shape index (κ3) is 5.91. The molecule has 2 aromatic rings. The van der Waals surface area contributed by atoms with Gasteiger partial charge in [0.25, 0.3) is 0 Å². The minimum atomic E-state index is -0.0894. The predicted molar refractivity (Wildman–Crippen MR) is 97.9 cm³/mol. The van der Waals surface area contributed by atoms with E-state index in [4.69, 9.17) is 23.2 Å². The number of rotatable bonds is 10. The van der Waals surface area contributed by atoms with Gasteiger partial charge in [-0.15, -0.1) is 5.10 Å². The number of aromatic nitrogens is 3. The minimum Gasteiger partial charge on any atom is -0.292 e. The molecule has 0 amide bonds. The average molecular weight is 368 g/mol. The molecule has 0 saturated carbocycles. The summed E-state index contributed by atoms with van der Waals surface area (Å²) < 4.78 is 1.75. The van der Waals surface area contributed by atoms with Gasteiger partial charge in [-0.1, -0.05) is 73.5 Å². The Morgan fingerprint density at radius 2 is 1.88 bits per heavy atom. The predicted octanol–water partition coefficient (Wildman–Crippen LogP) is 5.37. The Morgan fingerprint density at radius 3 is 2.62 bits per heavy atom. The van der Waals surface area contributed by atoms with Crippen LogP contribution in [0.1, 0.15) is 61.5 Å². The number of hydrogen-bond acceptors (Lipinski definition) is 3. The Morgan fingerprint density at radius 1 is 1.12 bits per heavy atom. The molecule has 0 fully saturated rings. The summed E-state index contributed by atoms with van der Waals surface area (Å²) >= 11 is 12.0. The summed E-state index contributed by atoms with van der Waals surface area (Å²) in [6, 6.07) is 5.13. The molecule has 130 valence electrons. The zero-order chi connectivity index (χ0) is 17.4. The van der Waals surface area contributed by atoms with Crippen LogP contribution in [0.3, 0.4) is 0 Å². The van der Waals surface area contributed by atoms with E-state index < -0.39 is 0 Å². The topological polar surface area (TPSA) is 47.8 Å². The number of ketones is 1. The summed E-state index contributed by atoms with van der Waals surface area (Å²) in [6.45, 7) is 3.01. The van der Waals surface area contributed by atoms with Crippen molar-refractivity contribution < 1.29 is 4.79 Å². The lowest BCUT2D eigenvalue weighted by Crippen LogP contribution is -2.04. The lowest BCUT2D eigenvalue weighted by Gasteiger charge is -2.02. The van der Waals surface area contributed by atoms with Crippen LogP contribution in [0.2, 0.25) is 10.0 Å². The summed E-state index contributed by atoms with van der Waals surface area (Å²) in [5, 5.41) is 9.08. The van der Waals surface area contributed by atoms with Crippen molar-refractivity contribution in [3.8, 4) is 0 Å². The van der Waals surface area contributed by atoms with E-state index in [1.165, 1.54) is 32.1 Å². The number of halogens is 2. The molecule has 1 aromatic carbocycles. The van der Waals surface area contributed by atoms with Crippen molar-refractivity contribution in [2.75, 3.05) is 0 Å². The van der Waals surface area contributed by atoms with Crippen molar-refractivity contribution in [3.05, 3.63) is 45.7 Å². The second-order valence-corrected chi connectivity index (χ2v) is 6.81. The number of nitrogens with zero attached hydrogens (tertiary/aromatic N) is 3. The maximum Gasteiger partial charge on any atom is 0.189 e. The van der Waals surface area contributed by atoms with Gasteiger partial charge in [-0.2, -0.15) is 0 Å². The molecule has 6 heteroatoms. The lowest BCUT2D eigenvalue weighted by atomic mass is 10.1. The van der Waals surface area contributed by atoms with Crippen LogP contribution >= 0.6 is 23.2 Å². The van der Waals surface area contributed by atoms with Crippen molar-refractivity contribution in [1.82, 2.24) is 15.0 Å². The van der Waals surface area contributed by atoms with Gasteiger partial charge in [0, 0.05) is 23.0 Å². The highest BCUT2D eigenvalue weighted by atomic mass is 35.5. The van der Waals surface area contributed by atoms with Crippen LogP contribution < -0.4 is 0 Å². The molecule has 0 saturated heterocycles. The molecule has 1 aromatic heterocycles. The third-order valence-electron chi connectivity index (χ3n) is 3.93. The van der Waals surface area contributed by atoms with Crippen molar-refractivity contribution in [2.45, 2.75) is 58.4 Å². The monoisotopic (exact) mass is 367 g/mol. The average Bonchev–Trinajstić information content (AvgIpc) is 3.02. The molecule has 0 radical (unpaired) electrons. The first-order valence-electron chi connectivity index (χ1n) is 8.47. The lowest BCUT2D eigenvalue weighted by molar-refractivity contribution is 0.0988. The second kappa shape index (κ2) is 9.80. The molecule has 0 N–H and O–H groups in total. The number of benzene rings is 1. The van der Waals surface area contributed by atoms with Gasteiger partial charge >= 0.3 is 0 Å². The van der Waals surface area contributed by atoms with Crippen molar-refractivity contribution in [1.29, 1.82) is 0 Å². The van der Waals surface area contributed by atoms with Crippen LogP contribution in [0.4, 0.5) is 0 Å². The minimum absolute atomic E-state index is 0.0894. The zero-order valence-corrected chi connectivity index (χ0v) is 15.5. The molecule has 0 aliphatic carbocycles. The second-order valence-electron chi connectivity index (χ2n) is 5.97. The van der Waals surface area contributed by atoms with Crippen LogP contribution in [0.5, 0.6) is 0 Å². The van der Waals surface area contributed by atoms with Crippen molar-refractivity contribution in [2.24, 2.45) is 0 Å². The van der Waals surface area contributed by atoms with Crippen LogP contribution in [0.15, 0.2) is 24.4 Å². The first-order chi connectivity index (χ1) is 11.6. The number of Topliss-reactive ketones (excluding diaryl/α,β-unsaturated/α-hetero) is 1. The first kappa shape index (κ1) is 18.9. The Hall–Kier alpha value is -1.39. The molecular formula is C18H23Cl2N3O. The Balaban J connectivity index is 1.82. The van der Waals surface area contributed by atoms with E-state index in [1.54, 1.807) is 29.1 Å². The fourth-order valence-electron chi connectivity index (χ4n) is 2.52. The largest absolute Gasteiger partial charge is 0.292 e. The number of hydrogen-bond donors (Lipinski definition) is 0. The molecule has 0 atom stereocenters. The van der Waals surface area contributed by atoms with Crippen LogP contribution in [-0.2, 0) is 13.0 Å². The Bertz CT molecular complexity index is 670. The van der Waals surface area contributed by atoms with E-state index in [2.05, 4.69) is 17.2 Å². The third-order valence-corrected chi connectivity index (χ3v) is 4.52. The van der Waals surface area contributed by atoms with Gasteiger partial charge in [0.05, 0.1) is 6.20 Å². The molecule has 0 aliphatic rings. The molecule has 4 nitrogen and oxygen atoms in total. The van der Waals surface area contributed by atoms with Gasteiger partial charge in [-0.05, 0) is 24.1 Å². The van der Waals surface area contributed by atoms with Gasteiger partial charge in [-0.25, -0.2) is 0 Å². The molecule has 1 heterocycles. The van der Waals surface area contributed by atoms with Gasteiger partial charge in [0.1, 0.15) is 5.69 Å². The zero-order valence-electron chi connectivity index (χ0n) is 14.0. The quantitative estimate of drug-likeness (QED) is 0.418. The SMILES string of the molecule is CCCCCCCCn1cc(C(=O)Cc2ccc(Cl)cc2Cl)nn1. The van der Waals surface area contributed by atoms with E-state index in [1.807, 2.05) is 0 Å². The summed E-state index contributed by atoms with van der Waals surface area (Å²) in [7, 11) is 0. The van der Waals surface area contributed by atoms with E-state index in [0.29, 0.717) is 15.7 Å². The van der Waals surface area contributed by atoms with Gasteiger partial charge in [0.15, 0.2) is 5.78 Å². The Kier molecular flexibility index (Phi) is 7.73. The van der Waals surface area contributed by atoms with E-state index >= 15 is 0 Å². The fourth-order valence-corrected chi connectivity index (χ4v) is 2.99. The van der Waals surface area contributed by atoms with Crippen molar-refractivity contribution >= 4 is 29.0 Å². The highest BCUT2D eigenvalue weighted by molar-refractivity contribution is 6.35. The van der Waals surface area contributed by atoms with Gasteiger partial charge in [0.2, 0.25) is 0 Å². The van der Waals surface area contributed by atoms with E-state index in [0.717, 1.165) is 18.5 Å². The smallest absolute Gasteiger partial charge is 0.189 e. The number of unbranched alkanes of at least 4 members (excludes halogenated alkanes) is 5. The fraction of sp³-hybridized carbons (Fsp3) is 0.500. The molecule has 0 unspecified atom stereocenters. The van der Waals surface area contributed by atoms with Crippen LogP contribution in [0, 0.1) is 0 Å². The normalized spacial score (nSPS) is 11.0. The van der Waals surface area contributed by atoms with Crippen LogP contribution in [0.25, 0.3) is 0 Å². The van der Waals surface area contributed by atoms with Crippen LogP contribution in [-0.4, -0.2) is 20.8 Å². The van der Waals surface area contributed by atoms with E-state index in [-0.39, 0.29) is 12.2 Å². The Labute approximate surface area is 153 Å². The summed E-state index contributed by atoms with van der Waals surface area (Å²) in [6.07, 6.45) is 9.27. The first-order valence-corrected chi connectivity index (χ1v) is 9.23. The summed E-state index contributed by atoms with van der Waals surface area (Å²) in [4.78, 5) is 12.3. The van der Waals surface area contributed by atoms with Gasteiger partial charge < -0.3 is 0 Å². The maximum absolute atomic E-state index is 12.3. The molecule has 2 rings (SSSR count). The molecule has 0 spiro atoms. The number of carbonyl (C=O) groups is 1. The maximum atomic E-state index is 12.3. The number of aryl methyl sites for hydroxylation is 1. The highest BCUT2D eigenvalue weighted by Crippen LogP contribution is 2.22. The standard InChI is InChI=1S/C18H23Cl2N3O/c1-2-3-4-5-6-7-10-23-13-17(21-22-23)18(24)11-14-8-9-15(19)12-16(14)20/h8-9,12-13H,2-7,10-11H2,1H3. The summed E-state index contributed by atoms with van der Waals surface area (Å²) in [5.74, 6) is -0.0894.